The predicted molar refractivity (Wildman–Crippen MR) is 82.7 cm³/mol. The van der Waals surface area contributed by atoms with E-state index in [2.05, 4.69) is 12.1 Å². The van der Waals surface area contributed by atoms with E-state index in [1.165, 1.54) is 11.0 Å². The lowest BCUT2D eigenvalue weighted by Gasteiger charge is -2.05. The van der Waals surface area contributed by atoms with Crippen molar-refractivity contribution < 1.29 is 9.53 Å². The van der Waals surface area contributed by atoms with E-state index in [0.717, 1.165) is 10.5 Å². The molecule has 0 atom stereocenters. The Labute approximate surface area is 123 Å². The highest BCUT2D eigenvalue weighted by Crippen LogP contribution is 2.30. The minimum Gasteiger partial charge on any atom is -0.463 e. The first kappa shape index (κ1) is 14.4. The van der Waals surface area contributed by atoms with Crippen molar-refractivity contribution in [2.24, 2.45) is 0 Å². The van der Waals surface area contributed by atoms with Gasteiger partial charge in [-0.25, -0.2) is 4.79 Å². The van der Waals surface area contributed by atoms with Gasteiger partial charge in [-0.15, -0.1) is 0 Å². The average molecular weight is 284 g/mol. The van der Waals surface area contributed by atoms with Crippen molar-refractivity contribution in [2.45, 2.75) is 16.7 Å². The Bertz CT molecular complexity index is 591. The predicted octanol–water partition coefficient (Wildman–Crippen LogP) is 4.41. The van der Waals surface area contributed by atoms with Crippen molar-refractivity contribution in [3.63, 3.8) is 0 Å². The highest BCUT2D eigenvalue weighted by atomic mass is 32.2. The lowest BCUT2D eigenvalue weighted by molar-refractivity contribution is -0.137. The van der Waals surface area contributed by atoms with Crippen LogP contribution < -0.4 is 0 Å². The molecule has 2 nitrogen and oxygen atoms in total. The van der Waals surface area contributed by atoms with Crippen LogP contribution in [0.3, 0.4) is 0 Å². The minimum absolute atomic E-state index is 0.313. The fourth-order valence-electron chi connectivity index (χ4n) is 1.67. The zero-order chi connectivity index (χ0) is 14.2. The zero-order valence-electron chi connectivity index (χ0n) is 11.3. The minimum atomic E-state index is -0.313. The van der Waals surface area contributed by atoms with Crippen molar-refractivity contribution in [2.75, 3.05) is 6.61 Å². The number of esters is 1. The van der Waals surface area contributed by atoms with Crippen LogP contribution in [0.2, 0.25) is 0 Å². The second-order valence-electron chi connectivity index (χ2n) is 4.04. The summed E-state index contributed by atoms with van der Waals surface area (Å²) in [6.45, 7) is 2.19. The summed E-state index contributed by atoms with van der Waals surface area (Å²) in [4.78, 5) is 13.7. The molecule has 0 amide bonds. The largest absolute Gasteiger partial charge is 0.463 e. The molecule has 2 aromatic rings. The molecule has 0 fully saturated rings. The molecule has 0 saturated carbocycles. The Kier molecular flexibility index (Phi) is 5.44. The van der Waals surface area contributed by atoms with Gasteiger partial charge in [-0.2, -0.15) is 0 Å². The lowest BCUT2D eigenvalue weighted by atomic mass is 10.2. The maximum Gasteiger partial charge on any atom is 0.330 e. The summed E-state index contributed by atoms with van der Waals surface area (Å²) in [7, 11) is 0. The molecule has 0 bridgehead atoms. The van der Waals surface area contributed by atoms with E-state index in [9.17, 15) is 4.79 Å². The first-order valence-electron chi connectivity index (χ1n) is 6.46. The summed E-state index contributed by atoms with van der Waals surface area (Å²) in [5, 5.41) is 0. The summed E-state index contributed by atoms with van der Waals surface area (Å²) in [5.41, 5.74) is 1.01. The van der Waals surface area contributed by atoms with Crippen LogP contribution in [0.1, 0.15) is 12.5 Å². The quantitative estimate of drug-likeness (QED) is 0.601. The van der Waals surface area contributed by atoms with E-state index < -0.39 is 0 Å². The molecule has 0 aliphatic carbocycles. The van der Waals surface area contributed by atoms with Gasteiger partial charge in [0.1, 0.15) is 0 Å². The summed E-state index contributed by atoms with van der Waals surface area (Å²) < 4.78 is 4.89. The van der Waals surface area contributed by atoms with Crippen molar-refractivity contribution in [3.8, 4) is 0 Å². The second kappa shape index (κ2) is 7.56. The van der Waals surface area contributed by atoms with Crippen LogP contribution in [-0.4, -0.2) is 12.6 Å². The van der Waals surface area contributed by atoms with Gasteiger partial charge in [0.25, 0.3) is 0 Å². The third kappa shape index (κ3) is 4.28. The van der Waals surface area contributed by atoms with Gasteiger partial charge in [-0.3, -0.25) is 0 Å². The number of carbonyl (C=O) groups is 1. The third-order valence-corrected chi connectivity index (χ3v) is 3.68. The molecule has 0 aliphatic rings. The van der Waals surface area contributed by atoms with Crippen LogP contribution in [-0.2, 0) is 9.53 Å². The Morgan fingerprint density at radius 3 is 2.55 bits per heavy atom. The van der Waals surface area contributed by atoms with E-state index in [1.54, 1.807) is 24.8 Å². The number of hydrogen-bond acceptors (Lipinski definition) is 3. The molecule has 0 saturated heterocycles. The Morgan fingerprint density at radius 1 is 1.10 bits per heavy atom. The normalized spacial score (nSPS) is 10.7. The van der Waals surface area contributed by atoms with E-state index in [0.29, 0.717) is 6.61 Å². The van der Waals surface area contributed by atoms with Crippen LogP contribution in [0.25, 0.3) is 6.08 Å². The number of rotatable bonds is 5. The Hall–Kier alpha value is -2.00. The number of benzene rings is 2. The summed E-state index contributed by atoms with van der Waals surface area (Å²) in [6.07, 6.45) is 3.26. The molecular weight excluding hydrogens is 268 g/mol. The Balaban J connectivity index is 2.16. The van der Waals surface area contributed by atoms with Crippen LogP contribution in [0.5, 0.6) is 0 Å². The van der Waals surface area contributed by atoms with Crippen LogP contribution in [0.4, 0.5) is 0 Å². The number of carbonyl (C=O) groups excluding carboxylic acids is 1. The lowest BCUT2D eigenvalue weighted by Crippen LogP contribution is -1.98. The third-order valence-electron chi connectivity index (χ3n) is 2.58. The number of ether oxygens (including phenoxy) is 1. The fraction of sp³-hybridized carbons (Fsp3) is 0.118. The summed E-state index contributed by atoms with van der Waals surface area (Å²) >= 11 is 1.68. The SMILES string of the molecule is CCOC(=O)C=Cc1ccccc1Sc1ccccc1. The molecule has 0 spiro atoms. The van der Waals surface area contributed by atoms with Gasteiger partial charge < -0.3 is 4.74 Å². The second-order valence-corrected chi connectivity index (χ2v) is 5.15. The molecule has 0 unspecified atom stereocenters. The molecular formula is C17H16O2S. The molecule has 0 aromatic heterocycles. The van der Waals surface area contributed by atoms with Gasteiger partial charge in [-0.05, 0) is 36.8 Å². The van der Waals surface area contributed by atoms with Crippen molar-refractivity contribution in [1.29, 1.82) is 0 Å². The van der Waals surface area contributed by atoms with E-state index in [4.69, 9.17) is 4.74 Å². The van der Waals surface area contributed by atoms with Crippen LogP contribution in [0.15, 0.2) is 70.5 Å². The average Bonchev–Trinajstić information content (AvgIpc) is 2.48. The molecule has 2 rings (SSSR count). The maximum absolute atomic E-state index is 11.4. The monoisotopic (exact) mass is 284 g/mol. The van der Waals surface area contributed by atoms with Gasteiger partial charge in [0.05, 0.1) is 6.61 Å². The standard InChI is InChI=1S/C17H16O2S/c1-2-19-17(18)13-12-14-8-6-7-11-16(14)20-15-9-4-3-5-10-15/h3-13H,2H2,1H3. The molecule has 0 radical (unpaired) electrons. The number of hydrogen-bond donors (Lipinski definition) is 0. The first-order chi connectivity index (χ1) is 9.79. The van der Waals surface area contributed by atoms with Crippen molar-refractivity contribution in [1.82, 2.24) is 0 Å². The topological polar surface area (TPSA) is 26.3 Å². The zero-order valence-corrected chi connectivity index (χ0v) is 12.1. The highest BCUT2D eigenvalue weighted by Gasteiger charge is 2.02. The molecule has 2 aromatic carbocycles. The molecule has 102 valence electrons. The fourth-order valence-corrected chi connectivity index (χ4v) is 2.62. The molecule has 0 N–H and O–H groups in total. The van der Waals surface area contributed by atoms with Crippen molar-refractivity contribution in [3.05, 3.63) is 66.2 Å². The summed E-state index contributed by atoms with van der Waals surface area (Å²) in [6, 6.07) is 18.1. The van der Waals surface area contributed by atoms with E-state index in [1.807, 2.05) is 42.5 Å². The van der Waals surface area contributed by atoms with Gasteiger partial charge in [0.15, 0.2) is 0 Å². The highest BCUT2D eigenvalue weighted by molar-refractivity contribution is 7.99. The summed E-state index contributed by atoms with van der Waals surface area (Å²) in [5.74, 6) is -0.313. The van der Waals surface area contributed by atoms with Crippen LogP contribution >= 0.6 is 11.8 Å². The smallest absolute Gasteiger partial charge is 0.330 e. The molecule has 20 heavy (non-hydrogen) atoms. The van der Waals surface area contributed by atoms with E-state index >= 15 is 0 Å². The van der Waals surface area contributed by atoms with Gasteiger partial charge in [-0.1, -0.05) is 48.2 Å². The maximum atomic E-state index is 11.4. The van der Waals surface area contributed by atoms with Gasteiger partial charge >= 0.3 is 5.97 Å². The van der Waals surface area contributed by atoms with Crippen LogP contribution in [0, 0.1) is 0 Å². The van der Waals surface area contributed by atoms with Crippen molar-refractivity contribution >= 4 is 23.8 Å². The molecule has 3 heteroatoms. The molecule has 0 aliphatic heterocycles. The van der Waals surface area contributed by atoms with E-state index in [-0.39, 0.29) is 5.97 Å². The molecule has 0 heterocycles. The Morgan fingerprint density at radius 2 is 1.80 bits per heavy atom. The first-order valence-corrected chi connectivity index (χ1v) is 7.28. The van der Waals surface area contributed by atoms with Gasteiger partial charge in [0, 0.05) is 15.9 Å². The van der Waals surface area contributed by atoms with Gasteiger partial charge in [0.2, 0.25) is 0 Å².